The second kappa shape index (κ2) is 2.77. The zero-order chi connectivity index (χ0) is 8.70. The Balaban J connectivity index is 2.97. The minimum Gasteiger partial charge on any atom is -0.302 e. The molecular formula is C6H9Cl2O2P. The van der Waals surface area contributed by atoms with Gasteiger partial charge in [0.05, 0.1) is 5.03 Å². The van der Waals surface area contributed by atoms with Gasteiger partial charge < -0.3 is 4.52 Å². The molecule has 1 heterocycles. The summed E-state index contributed by atoms with van der Waals surface area (Å²) in [6.07, 6.45) is 0.666. The molecule has 0 N–H and O–H groups in total. The molecule has 11 heavy (non-hydrogen) atoms. The number of halogens is 2. The van der Waals surface area contributed by atoms with Gasteiger partial charge in [-0.2, -0.15) is 0 Å². The van der Waals surface area contributed by atoms with E-state index in [2.05, 4.69) is 0 Å². The van der Waals surface area contributed by atoms with Crippen LogP contribution < -0.4 is 0 Å². The first-order chi connectivity index (χ1) is 4.90. The molecule has 64 valence electrons. The predicted molar refractivity (Wildman–Crippen MR) is 47.2 cm³/mol. The standard InChI is InChI=1S/C6H9Cl2O2P/c1-3-6(2)5(7)4-11(8,9)10-6/h4H,3H2,1-2H3. The van der Waals surface area contributed by atoms with Crippen molar-refractivity contribution in [2.24, 2.45) is 0 Å². The van der Waals surface area contributed by atoms with E-state index in [1.807, 2.05) is 6.92 Å². The first-order valence-corrected chi connectivity index (χ1v) is 6.26. The van der Waals surface area contributed by atoms with Crippen LogP contribution in [0.2, 0.25) is 0 Å². The van der Waals surface area contributed by atoms with E-state index in [-0.39, 0.29) is 0 Å². The lowest BCUT2D eigenvalue weighted by Crippen LogP contribution is -2.22. The van der Waals surface area contributed by atoms with E-state index in [1.54, 1.807) is 6.92 Å². The van der Waals surface area contributed by atoms with E-state index < -0.39 is 12.3 Å². The quantitative estimate of drug-likeness (QED) is 0.623. The SMILES string of the molecule is CCC1(C)OP(=O)(Cl)C=C1Cl. The van der Waals surface area contributed by atoms with Crippen LogP contribution in [0.25, 0.3) is 0 Å². The summed E-state index contributed by atoms with van der Waals surface area (Å²) in [5.74, 6) is 1.31. The molecule has 0 amide bonds. The summed E-state index contributed by atoms with van der Waals surface area (Å²) in [5, 5.41) is 0.443. The van der Waals surface area contributed by atoms with Crippen LogP contribution in [0.1, 0.15) is 20.3 Å². The van der Waals surface area contributed by atoms with Gasteiger partial charge in [-0.05, 0) is 24.6 Å². The highest BCUT2D eigenvalue weighted by Crippen LogP contribution is 2.65. The molecule has 2 atom stereocenters. The molecule has 0 bridgehead atoms. The van der Waals surface area contributed by atoms with Crippen LogP contribution in [0.3, 0.4) is 0 Å². The molecule has 1 aliphatic rings. The monoisotopic (exact) mass is 214 g/mol. The first kappa shape index (κ1) is 9.60. The van der Waals surface area contributed by atoms with E-state index in [0.717, 1.165) is 0 Å². The number of rotatable bonds is 1. The molecule has 0 saturated heterocycles. The van der Waals surface area contributed by atoms with Gasteiger partial charge >= 0.3 is 6.72 Å². The van der Waals surface area contributed by atoms with Crippen LogP contribution in [0.15, 0.2) is 10.8 Å². The predicted octanol–water partition coefficient (Wildman–Crippen LogP) is 3.70. The molecule has 0 radical (unpaired) electrons. The Kier molecular flexibility index (Phi) is 2.42. The second-order valence-corrected chi connectivity index (χ2v) is 5.98. The maximum Gasteiger partial charge on any atom is 0.314 e. The summed E-state index contributed by atoms with van der Waals surface area (Å²) in [6.45, 7) is 0.614. The summed E-state index contributed by atoms with van der Waals surface area (Å²) < 4.78 is 16.3. The lowest BCUT2D eigenvalue weighted by atomic mass is 10.0. The molecular weight excluding hydrogens is 206 g/mol. The molecule has 5 heteroatoms. The zero-order valence-corrected chi connectivity index (χ0v) is 8.71. The van der Waals surface area contributed by atoms with Gasteiger partial charge in [0.25, 0.3) is 0 Å². The summed E-state index contributed by atoms with van der Waals surface area (Å²) in [6, 6.07) is 0. The fraction of sp³-hybridized carbons (Fsp3) is 0.667. The minimum atomic E-state index is -3.06. The van der Waals surface area contributed by atoms with E-state index in [1.165, 1.54) is 5.82 Å². The number of hydrogen-bond donors (Lipinski definition) is 0. The van der Waals surface area contributed by atoms with Gasteiger partial charge in [-0.1, -0.05) is 18.5 Å². The van der Waals surface area contributed by atoms with E-state index in [9.17, 15) is 4.57 Å². The Hall–Kier alpha value is 0.510. The Morgan fingerprint density at radius 1 is 1.82 bits per heavy atom. The van der Waals surface area contributed by atoms with Crippen molar-refractivity contribution in [2.45, 2.75) is 25.9 Å². The molecule has 0 aromatic heterocycles. The molecule has 0 fully saturated rings. The largest absolute Gasteiger partial charge is 0.314 e. The van der Waals surface area contributed by atoms with Gasteiger partial charge in [-0.15, -0.1) is 0 Å². The highest BCUT2D eigenvalue weighted by molar-refractivity contribution is 7.88. The summed E-state index contributed by atoms with van der Waals surface area (Å²) in [4.78, 5) is 0. The topological polar surface area (TPSA) is 26.3 Å². The van der Waals surface area contributed by atoms with Crippen molar-refractivity contribution in [3.8, 4) is 0 Å². The third kappa shape index (κ3) is 1.81. The first-order valence-electron chi connectivity index (χ1n) is 3.28. The Morgan fingerprint density at radius 2 is 2.36 bits per heavy atom. The van der Waals surface area contributed by atoms with Crippen LogP contribution in [0, 0.1) is 0 Å². The Bertz CT molecular complexity index is 251. The van der Waals surface area contributed by atoms with Gasteiger partial charge in [0.15, 0.2) is 0 Å². The lowest BCUT2D eigenvalue weighted by Gasteiger charge is -2.21. The molecule has 2 nitrogen and oxygen atoms in total. The lowest BCUT2D eigenvalue weighted by molar-refractivity contribution is 0.153. The van der Waals surface area contributed by atoms with Crippen LogP contribution in [0.4, 0.5) is 0 Å². The van der Waals surface area contributed by atoms with Crippen molar-refractivity contribution < 1.29 is 9.09 Å². The van der Waals surface area contributed by atoms with Crippen molar-refractivity contribution in [3.63, 3.8) is 0 Å². The maximum atomic E-state index is 11.2. The van der Waals surface area contributed by atoms with Crippen molar-refractivity contribution in [2.75, 3.05) is 0 Å². The fourth-order valence-electron chi connectivity index (χ4n) is 0.850. The maximum absolute atomic E-state index is 11.2. The van der Waals surface area contributed by atoms with Crippen molar-refractivity contribution in [1.29, 1.82) is 0 Å². The molecule has 0 saturated carbocycles. The van der Waals surface area contributed by atoms with Gasteiger partial charge in [-0.3, -0.25) is 4.57 Å². The molecule has 1 rings (SSSR count). The van der Waals surface area contributed by atoms with Crippen LogP contribution in [-0.4, -0.2) is 5.60 Å². The third-order valence-corrected chi connectivity index (χ3v) is 4.15. The molecule has 1 aliphatic heterocycles. The Morgan fingerprint density at radius 3 is 2.55 bits per heavy atom. The van der Waals surface area contributed by atoms with Crippen molar-refractivity contribution in [3.05, 3.63) is 10.8 Å². The van der Waals surface area contributed by atoms with E-state index >= 15 is 0 Å². The fourth-order valence-corrected chi connectivity index (χ4v) is 3.73. The van der Waals surface area contributed by atoms with E-state index in [4.69, 9.17) is 27.4 Å². The summed E-state index contributed by atoms with van der Waals surface area (Å²) >= 11 is 11.3. The smallest absolute Gasteiger partial charge is 0.302 e. The molecule has 2 unspecified atom stereocenters. The molecule has 0 aromatic rings. The van der Waals surface area contributed by atoms with E-state index in [0.29, 0.717) is 11.5 Å². The highest BCUT2D eigenvalue weighted by Gasteiger charge is 2.41. The molecule has 0 spiro atoms. The third-order valence-electron chi connectivity index (χ3n) is 1.77. The Labute approximate surface area is 75.8 Å². The van der Waals surface area contributed by atoms with Crippen LogP contribution >= 0.6 is 29.6 Å². The summed E-state index contributed by atoms with van der Waals surface area (Å²) in [5.41, 5.74) is -0.640. The average molecular weight is 215 g/mol. The van der Waals surface area contributed by atoms with Crippen LogP contribution in [-0.2, 0) is 9.09 Å². The summed E-state index contributed by atoms with van der Waals surface area (Å²) in [7, 11) is 0. The van der Waals surface area contributed by atoms with Crippen molar-refractivity contribution >= 4 is 29.6 Å². The van der Waals surface area contributed by atoms with Gasteiger partial charge in [-0.25, -0.2) is 0 Å². The zero-order valence-electron chi connectivity index (χ0n) is 6.30. The molecule has 0 aromatic carbocycles. The van der Waals surface area contributed by atoms with Crippen molar-refractivity contribution in [1.82, 2.24) is 0 Å². The van der Waals surface area contributed by atoms with Gasteiger partial charge in [0.1, 0.15) is 5.60 Å². The van der Waals surface area contributed by atoms with Crippen LogP contribution in [0.5, 0.6) is 0 Å². The average Bonchev–Trinajstić information content (AvgIpc) is 2.03. The normalized spacial score (nSPS) is 44.2. The van der Waals surface area contributed by atoms with Gasteiger partial charge in [0.2, 0.25) is 0 Å². The highest BCUT2D eigenvalue weighted by atomic mass is 35.7. The van der Waals surface area contributed by atoms with Gasteiger partial charge in [0, 0.05) is 5.82 Å². The minimum absolute atomic E-state index is 0.443. The molecule has 0 aliphatic carbocycles. The number of hydrogen-bond acceptors (Lipinski definition) is 2. The second-order valence-electron chi connectivity index (χ2n) is 2.67.